The maximum absolute atomic E-state index is 12.2. The molecular weight excluding hydrogens is 200 g/mol. The minimum atomic E-state index is 0.0520. The van der Waals surface area contributed by atoms with Crippen molar-refractivity contribution in [3.63, 3.8) is 0 Å². The summed E-state index contributed by atoms with van der Waals surface area (Å²) in [5.74, 6) is 0.285. The van der Waals surface area contributed by atoms with Gasteiger partial charge in [-0.05, 0) is 39.3 Å². The predicted octanol–water partition coefficient (Wildman–Crippen LogP) is 2.91. The Kier molecular flexibility index (Phi) is 3.10. The van der Waals surface area contributed by atoms with Crippen LogP contribution in [0.2, 0.25) is 0 Å². The molecule has 0 bridgehead atoms. The van der Waals surface area contributed by atoms with Crippen LogP contribution in [0.15, 0.2) is 18.2 Å². The number of hydrogen-bond acceptors (Lipinski definition) is 2. The molecule has 1 saturated heterocycles. The number of hydrogen-bond donors (Lipinski definition) is 0. The molecule has 1 aliphatic rings. The van der Waals surface area contributed by atoms with Crippen LogP contribution in [0.3, 0.4) is 0 Å². The van der Waals surface area contributed by atoms with Crippen molar-refractivity contribution in [2.45, 2.75) is 33.3 Å². The van der Waals surface area contributed by atoms with Gasteiger partial charge in [-0.25, -0.2) is 0 Å². The molecule has 1 fully saturated rings. The fourth-order valence-electron chi connectivity index (χ4n) is 2.35. The fourth-order valence-corrected chi connectivity index (χ4v) is 2.35. The lowest BCUT2D eigenvalue weighted by molar-refractivity contribution is 0.0877. The van der Waals surface area contributed by atoms with Gasteiger partial charge >= 0.3 is 0 Å². The molecule has 2 atom stereocenters. The maximum atomic E-state index is 12.2. The second-order valence-corrected chi connectivity index (χ2v) is 4.82. The summed E-state index contributed by atoms with van der Waals surface area (Å²) in [6.45, 7) is 6.65. The smallest absolute Gasteiger partial charge is 0.168 e. The summed E-state index contributed by atoms with van der Waals surface area (Å²) >= 11 is 0. The van der Waals surface area contributed by atoms with E-state index in [1.165, 1.54) is 0 Å². The van der Waals surface area contributed by atoms with Crippen LogP contribution < -0.4 is 0 Å². The Labute approximate surface area is 96.6 Å². The number of ketones is 1. The van der Waals surface area contributed by atoms with Crippen molar-refractivity contribution in [1.82, 2.24) is 0 Å². The van der Waals surface area contributed by atoms with Crippen LogP contribution >= 0.6 is 0 Å². The largest absolute Gasteiger partial charge is 0.378 e. The summed E-state index contributed by atoms with van der Waals surface area (Å²) in [6, 6.07) is 6.03. The summed E-state index contributed by atoms with van der Waals surface area (Å²) in [6.07, 6.45) is 1.08. The molecule has 0 spiro atoms. The highest BCUT2D eigenvalue weighted by Crippen LogP contribution is 2.24. The number of carbonyl (C=O) groups is 1. The molecule has 0 amide bonds. The molecule has 86 valence electrons. The van der Waals surface area contributed by atoms with Gasteiger partial charge in [0.15, 0.2) is 5.78 Å². The van der Waals surface area contributed by atoms with E-state index in [1.54, 1.807) is 0 Å². The van der Waals surface area contributed by atoms with E-state index in [-0.39, 0.29) is 17.8 Å². The van der Waals surface area contributed by atoms with Crippen molar-refractivity contribution in [3.8, 4) is 0 Å². The minimum Gasteiger partial charge on any atom is -0.378 e. The topological polar surface area (TPSA) is 26.3 Å². The highest BCUT2D eigenvalue weighted by atomic mass is 16.5. The van der Waals surface area contributed by atoms with Gasteiger partial charge < -0.3 is 4.74 Å². The fraction of sp³-hybridized carbons (Fsp3) is 0.500. The third-order valence-corrected chi connectivity index (χ3v) is 3.08. The van der Waals surface area contributed by atoms with Crippen LogP contribution in [-0.4, -0.2) is 18.5 Å². The third kappa shape index (κ3) is 2.33. The van der Waals surface area contributed by atoms with E-state index in [4.69, 9.17) is 4.74 Å². The molecule has 0 radical (unpaired) electrons. The highest BCUT2D eigenvalue weighted by molar-refractivity contribution is 5.98. The average molecular weight is 218 g/mol. The van der Waals surface area contributed by atoms with E-state index in [9.17, 15) is 4.79 Å². The second-order valence-electron chi connectivity index (χ2n) is 4.82. The zero-order valence-electron chi connectivity index (χ0n) is 10.1. The normalized spacial score (nSPS) is 24.7. The van der Waals surface area contributed by atoms with Crippen molar-refractivity contribution < 1.29 is 9.53 Å². The van der Waals surface area contributed by atoms with Gasteiger partial charge in [-0.1, -0.05) is 17.2 Å². The first-order valence-corrected chi connectivity index (χ1v) is 5.80. The van der Waals surface area contributed by atoms with Gasteiger partial charge in [-0.2, -0.15) is 0 Å². The molecule has 2 rings (SSSR count). The maximum Gasteiger partial charge on any atom is 0.168 e. The van der Waals surface area contributed by atoms with Crippen molar-refractivity contribution >= 4 is 5.78 Å². The first kappa shape index (κ1) is 11.3. The second kappa shape index (κ2) is 4.38. The zero-order valence-corrected chi connectivity index (χ0v) is 10.1. The van der Waals surface area contributed by atoms with Crippen LogP contribution in [0.25, 0.3) is 0 Å². The number of ether oxygens (including phenoxy) is 1. The lowest BCUT2D eigenvalue weighted by Crippen LogP contribution is -2.15. The molecule has 0 saturated carbocycles. The van der Waals surface area contributed by atoms with Crippen molar-refractivity contribution in [2.24, 2.45) is 5.92 Å². The number of rotatable bonds is 2. The van der Waals surface area contributed by atoms with Crippen LogP contribution in [0.1, 0.15) is 34.8 Å². The van der Waals surface area contributed by atoms with Gasteiger partial charge in [0, 0.05) is 11.5 Å². The van der Waals surface area contributed by atoms with Crippen LogP contribution in [0.4, 0.5) is 0 Å². The number of aryl methyl sites for hydroxylation is 2. The summed E-state index contributed by atoms with van der Waals surface area (Å²) in [5, 5.41) is 0. The summed E-state index contributed by atoms with van der Waals surface area (Å²) in [4.78, 5) is 12.2. The van der Waals surface area contributed by atoms with Gasteiger partial charge in [0.1, 0.15) is 0 Å². The molecular formula is C14H18O2. The Morgan fingerprint density at radius 2 is 1.88 bits per heavy atom. The molecule has 2 nitrogen and oxygen atoms in total. The third-order valence-electron chi connectivity index (χ3n) is 3.08. The summed E-state index contributed by atoms with van der Waals surface area (Å²) in [5.41, 5.74) is 3.13. The monoisotopic (exact) mass is 218 g/mol. The van der Waals surface area contributed by atoms with Gasteiger partial charge in [-0.3, -0.25) is 4.79 Å². The van der Waals surface area contributed by atoms with E-state index in [2.05, 4.69) is 6.07 Å². The van der Waals surface area contributed by atoms with Gasteiger partial charge in [0.05, 0.1) is 12.7 Å². The Bertz CT molecular complexity index is 389. The van der Waals surface area contributed by atoms with Gasteiger partial charge in [0.2, 0.25) is 0 Å². The molecule has 1 aliphatic heterocycles. The standard InChI is InChI=1S/C14H18O2/c1-9-4-10(2)6-12(5-9)14(15)13-7-11(3)16-8-13/h4-6,11,13H,7-8H2,1-3H3. The van der Waals surface area contributed by atoms with E-state index >= 15 is 0 Å². The summed E-state index contributed by atoms with van der Waals surface area (Å²) in [7, 11) is 0. The molecule has 0 aliphatic carbocycles. The minimum absolute atomic E-state index is 0.0520. The average Bonchev–Trinajstić information content (AvgIpc) is 2.62. The zero-order chi connectivity index (χ0) is 11.7. The van der Waals surface area contributed by atoms with Crippen LogP contribution in [-0.2, 0) is 4.74 Å². The van der Waals surface area contributed by atoms with Crippen molar-refractivity contribution in [1.29, 1.82) is 0 Å². The number of carbonyl (C=O) groups excluding carboxylic acids is 1. The quantitative estimate of drug-likeness (QED) is 0.713. The Balaban J connectivity index is 2.20. The molecule has 16 heavy (non-hydrogen) atoms. The molecule has 0 N–H and O–H groups in total. The van der Waals surface area contributed by atoms with Gasteiger partial charge in [0.25, 0.3) is 0 Å². The number of benzene rings is 1. The molecule has 0 aromatic heterocycles. The van der Waals surface area contributed by atoms with E-state index < -0.39 is 0 Å². The SMILES string of the molecule is Cc1cc(C)cc(C(=O)C2COC(C)C2)c1. The van der Waals surface area contributed by atoms with Crippen LogP contribution in [0.5, 0.6) is 0 Å². The predicted molar refractivity (Wildman–Crippen MR) is 63.8 cm³/mol. The first-order chi connectivity index (χ1) is 7.56. The molecule has 1 aromatic rings. The molecule has 2 heteroatoms. The highest BCUT2D eigenvalue weighted by Gasteiger charge is 2.28. The first-order valence-electron chi connectivity index (χ1n) is 5.80. The summed E-state index contributed by atoms with van der Waals surface area (Å²) < 4.78 is 5.45. The van der Waals surface area contributed by atoms with Crippen molar-refractivity contribution in [3.05, 3.63) is 34.9 Å². The number of Topliss-reactive ketones (excluding diaryl/α,β-unsaturated/α-hetero) is 1. The molecule has 1 heterocycles. The Hall–Kier alpha value is -1.15. The van der Waals surface area contributed by atoms with E-state index in [1.807, 2.05) is 32.9 Å². The lowest BCUT2D eigenvalue weighted by Gasteiger charge is -2.08. The van der Waals surface area contributed by atoms with Crippen LogP contribution in [0, 0.1) is 19.8 Å². The lowest BCUT2D eigenvalue weighted by atomic mass is 9.93. The molecule has 1 aromatic carbocycles. The van der Waals surface area contributed by atoms with E-state index in [0.29, 0.717) is 6.61 Å². The van der Waals surface area contributed by atoms with Crippen molar-refractivity contribution in [2.75, 3.05) is 6.61 Å². The van der Waals surface area contributed by atoms with Gasteiger partial charge in [-0.15, -0.1) is 0 Å². The van der Waals surface area contributed by atoms with E-state index in [0.717, 1.165) is 23.1 Å². The Morgan fingerprint density at radius 3 is 2.38 bits per heavy atom. The molecule has 2 unspecified atom stereocenters. The Morgan fingerprint density at radius 1 is 1.25 bits per heavy atom.